The van der Waals surface area contributed by atoms with Crippen LogP contribution < -0.4 is 4.74 Å². The van der Waals surface area contributed by atoms with Crippen LogP contribution in [0.2, 0.25) is 0 Å². The maximum Gasteiger partial charge on any atom is 0.316 e. The second kappa shape index (κ2) is 9.24. The minimum atomic E-state index is -0.178. The summed E-state index contributed by atoms with van der Waals surface area (Å²) in [5.41, 5.74) is 2.27. The van der Waals surface area contributed by atoms with Crippen molar-refractivity contribution in [3.05, 3.63) is 53.6 Å². The van der Waals surface area contributed by atoms with Crippen LogP contribution in [0, 0.1) is 11.7 Å². The van der Waals surface area contributed by atoms with Gasteiger partial charge in [-0.2, -0.15) is 0 Å². The Balaban J connectivity index is 1.67. The summed E-state index contributed by atoms with van der Waals surface area (Å²) in [5, 5.41) is 0. The predicted octanol–water partition coefficient (Wildman–Crippen LogP) is 3.36. The van der Waals surface area contributed by atoms with Gasteiger partial charge in [0.15, 0.2) is 0 Å². The van der Waals surface area contributed by atoms with Crippen molar-refractivity contribution in [3.63, 3.8) is 0 Å². The molecule has 0 unspecified atom stereocenters. The van der Waals surface area contributed by atoms with E-state index in [1.54, 1.807) is 19.2 Å². The molecular formula is C21H29FN4O. The monoisotopic (exact) mass is 372 g/mol. The molecule has 1 fully saturated rings. The van der Waals surface area contributed by atoms with Gasteiger partial charge in [-0.3, -0.25) is 9.80 Å². The highest BCUT2D eigenvalue weighted by atomic mass is 19.1. The molecule has 2 aromatic rings. The Morgan fingerprint density at radius 2 is 1.78 bits per heavy atom. The van der Waals surface area contributed by atoms with E-state index in [-0.39, 0.29) is 5.82 Å². The van der Waals surface area contributed by atoms with Crippen LogP contribution >= 0.6 is 0 Å². The number of aromatic nitrogens is 2. The summed E-state index contributed by atoms with van der Waals surface area (Å²) in [5.74, 6) is 0.362. The van der Waals surface area contributed by atoms with Gasteiger partial charge in [-0.25, -0.2) is 14.4 Å². The normalized spacial score (nSPS) is 19.2. The molecule has 1 aromatic carbocycles. The van der Waals surface area contributed by atoms with E-state index in [4.69, 9.17) is 4.74 Å². The van der Waals surface area contributed by atoms with Crippen molar-refractivity contribution in [1.29, 1.82) is 0 Å². The molecule has 5 nitrogen and oxygen atoms in total. The van der Waals surface area contributed by atoms with Crippen LogP contribution in [0.3, 0.4) is 0 Å². The Morgan fingerprint density at radius 1 is 1.07 bits per heavy atom. The van der Waals surface area contributed by atoms with E-state index in [0.717, 1.165) is 44.7 Å². The van der Waals surface area contributed by atoms with Gasteiger partial charge in [-0.05, 0) is 36.6 Å². The van der Waals surface area contributed by atoms with Crippen molar-refractivity contribution < 1.29 is 9.13 Å². The summed E-state index contributed by atoms with van der Waals surface area (Å²) in [7, 11) is 1.58. The number of halogens is 1. The maximum absolute atomic E-state index is 13.2. The van der Waals surface area contributed by atoms with E-state index < -0.39 is 0 Å². The number of hydrogen-bond donors (Lipinski definition) is 0. The van der Waals surface area contributed by atoms with Crippen molar-refractivity contribution in [1.82, 2.24) is 19.8 Å². The number of rotatable bonds is 6. The fraction of sp³-hybridized carbons (Fsp3) is 0.524. The maximum atomic E-state index is 13.2. The average Bonchev–Trinajstić information content (AvgIpc) is 2.86. The highest BCUT2D eigenvalue weighted by Gasteiger charge is 2.27. The summed E-state index contributed by atoms with van der Waals surface area (Å²) < 4.78 is 18.2. The topological polar surface area (TPSA) is 41.5 Å². The first kappa shape index (κ1) is 19.7. The third kappa shape index (κ3) is 5.47. The third-order valence-electron chi connectivity index (χ3n) is 5.17. The average molecular weight is 372 g/mol. The molecule has 0 N–H and O–H groups in total. The van der Waals surface area contributed by atoms with Gasteiger partial charge in [0.25, 0.3) is 0 Å². The lowest BCUT2D eigenvalue weighted by atomic mass is 10.0. The van der Waals surface area contributed by atoms with Crippen molar-refractivity contribution in [2.45, 2.75) is 39.4 Å². The van der Waals surface area contributed by atoms with Gasteiger partial charge in [-0.1, -0.05) is 26.0 Å². The van der Waals surface area contributed by atoms with Gasteiger partial charge in [0, 0.05) is 50.2 Å². The second-order valence-corrected chi connectivity index (χ2v) is 7.57. The Morgan fingerprint density at radius 3 is 2.41 bits per heavy atom. The molecule has 0 amide bonds. The van der Waals surface area contributed by atoms with Crippen LogP contribution in [0.5, 0.6) is 6.01 Å². The molecule has 146 valence electrons. The zero-order valence-electron chi connectivity index (χ0n) is 16.4. The van der Waals surface area contributed by atoms with Crippen LogP contribution in [0.1, 0.15) is 31.4 Å². The molecule has 1 aromatic heterocycles. The summed E-state index contributed by atoms with van der Waals surface area (Å²) >= 11 is 0. The fourth-order valence-electron chi connectivity index (χ4n) is 3.72. The molecule has 1 aliphatic heterocycles. The first-order valence-corrected chi connectivity index (χ1v) is 9.61. The molecule has 1 aliphatic rings. The standard InChI is InChI=1S/C21H29FN4O/c1-16(2)20-15-25(13-18-11-23-21(27-3)24-12-18)9-4-10-26(20)14-17-5-7-19(22)8-6-17/h5-8,11-12,16,20H,4,9-10,13-15H2,1-3H3/t20-/m0/s1. The first-order chi connectivity index (χ1) is 13.0. The minimum absolute atomic E-state index is 0.178. The zero-order valence-corrected chi connectivity index (χ0v) is 16.4. The molecular weight excluding hydrogens is 343 g/mol. The van der Waals surface area contributed by atoms with Gasteiger partial charge in [0.05, 0.1) is 7.11 Å². The highest BCUT2D eigenvalue weighted by molar-refractivity contribution is 5.16. The molecule has 0 saturated carbocycles. The van der Waals surface area contributed by atoms with Gasteiger partial charge >= 0.3 is 6.01 Å². The summed E-state index contributed by atoms with van der Waals surface area (Å²) in [6, 6.07) is 7.74. The quantitative estimate of drug-likeness (QED) is 0.778. The van der Waals surface area contributed by atoms with Gasteiger partial charge < -0.3 is 4.74 Å². The van der Waals surface area contributed by atoms with E-state index >= 15 is 0 Å². The number of nitrogens with zero attached hydrogens (tertiary/aromatic N) is 4. The minimum Gasteiger partial charge on any atom is -0.467 e. The lowest BCUT2D eigenvalue weighted by Crippen LogP contribution is -2.43. The molecule has 0 radical (unpaired) electrons. The molecule has 6 heteroatoms. The summed E-state index contributed by atoms with van der Waals surface area (Å²) in [4.78, 5) is 13.5. The number of hydrogen-bond acceptors (Lipinski definition) is 5. The number of ether oxygens (including phenoxy) is 1. The molecule has 3 rings (SSSR count). The second-order valence-electron chi connectivity index (χ2n) is 7.57. The SMILES string of the molecule is COc1ncc(CN2CCCN(Cc3ccc(F)cc3)[C@H](C(C)C)C2)cn1. The van der Waals surface area contributed by atoms with Crippen LogP contribution in [0.25, 0.3) is 0 Å². The zero-order chi connectivity index (χ0) is 19.2. The third-order valence-corrected chi connectivity index (χ3v) is 5.17. The van der Waals surface area contributed by atoms with E-state index in [0.29, 0.717) is 18.0 Å². The molecule has 0 bridgehead atoms. The lowest BCUT2D eigenvalue weighted by molar-refractivity contribution is 0.130. The van der Waals surface area contributed by atoms with E-state index in [1.807, 2.05) is 24.5 Å². The van der Waals surface area contributed by atoms with E-state index in [1.165, 1.54) is 5.56 Å². The van der Waals surface area contributed by atoms with Crippen LogP contribution in [0.4, 0.5) is 4.39 Å². The lowest BCUT2D eigenvalue weighted by Gasteiger charge is -2.34. The van der Waals surface area contributed by atoms with Crippen molar-refractivity contribution in [3.8, 4) is 6.01 Å². The number of methoxy groups -OCH3 is 1. The Kier molecular flexibility index (Phi) is 6.74. The van der Waals surface area contributed by atoms with Crippen molar-refractivity contribution in [2.24, 2.45) is 5.92 Å². The molecule has 2 heterocycles. The molecule has 1 saturated heterocycles. The molecule has 0 spiro atoms. The Labute approximate surface area is 161 Å². The Hall–Kier alpha value is -2.05. The summed E-state index contributed by atoms with van der Waals surface area (Å²) in [6.07, 6.45) is 4.80. The van der Waals surface area contributed by atoms with E-state index in [2.05, 4.69) is 33.6 Å². The molecule has 0 aliphatic carbocycles. The van der Waals surface area contributed by atoms with Gasteiger partial charge in [0.2, 0.25) is 0 Å². The van der Waals surface area contributed by atoms with Crippen LogP contribution in [0.15, 0.2) is 36.7 Å². The molecule has 27 heavy (non-hydrogen) atoms. The Bertz CT molecular complexity index is 705. The predicted molar refractivity (Wildman–Crippen MR) is 104 cm³/mol. The first-order valence-electron chi connectivity index (χ1n) is 9.61. The van der Waals surface area contributed by atoms with Gasteiger partial charge in [0.1, 0.15) is 5.82 Å². The van der Waals surface area contributed by atoms with E-state index in [9.17, 15) is 4.39 Å². The van der Waals surface area contributed by atoms with Crippen molar-refractivity contribution in [2.75, 3.05) is 26.7 Å². The molecule has 1 atom stereocenters. The highest BCUT2D eigenvalue weighted by Crippen LogP contribution is 2.21. The largest absolute Gasteiger partial charge is 0.467 e. The fourth-order valence-corrected chi connectivity index (χ4v) is 3.72. The van der Waals surface area contributed by atoms with Gasteiger partial charge in [-0.15, -0.1) is 0 Å². The van der Waals surface area contributed by atoms with Crippen molar-refractivity contribution >= 4 is 0 Å². The smallest absolute Gasteiger partial charge is 0.316 e. The van der Waals surface area contributed by atoms with Crippen LogP contribution in [-0.2, 0) is 13.1 Å². The number of benzene rings is 1. The summed E-state index contributed by atoms with van der Waals surface area (Å²) in [6.45, 7) is 9.38. The van der Waals surface area contributed by atoms with Crippen LogP contribution in [-0.4, -0.2) is 52.6 Å².